The van der Waals surface area contributed by atoms with Crippen molar-refractivity contribution in [3.05, 3.63) is 23.8 Å². The molecule has 0 atom stereocenters. The Kier molecular flexibility index (Phi) is 4.96. The van der Waals surface area contributed by atoms with Crippen LogP contribution in [-0.4, -0.2) is 24.7 Å². The second kappa shape index (κ2) is 6.71. The van der Waals surface area contributed by atoms with Gasteiger partial charge in [-0.1, -0.05) is 30.7 Å². The average Bonchev–Trinajstić information content (AvgIpc) is 2.75. The molecule has 0 saturated heterocycles. The zero-order valence-corrected chi connectivity index (χ0v) is 11.8. The number of nitrogens with one attached hydrogen (secondary N) is 1. The SMILES string of the molecule is CCCCOCCNc1nc2ccc(C)cc2s1. The van der Waals surface area contributed by atoms with Gasteiger partial charge in [0, 0.05) is 13.2 Å². The van der Waals surface area contributed by atoms with Crippen molar-refractivity contribution >= 4 is 26.7 Å². The van der Waals surface area contributed by atoms with Crippen LogP contribution in [0.4, 0.5) is 5.13 Å². The highest BCUT2D eigenvalue weighted by Crippen LogP contribution is 2.26. The Morgan fingerprint density at radius 2 is 2.22 bits per heavy atom. The molecule has 18 heavy (non-hydrogen) atoms. The number of fused-ring (bicyclic) bond motifs is 1. The van der Waals surface area contributed by atoms with Crippen molar-refractivity contribution in [3.8, 4) is 0 Å². The Hall–Kier alpha value is -1.13. The fraction of sp³-hybridized carbons (Fsp3) is 0.500. The van der Waals surface area contributed by atoms with Crippen molar-refractivity contribution < 1.29 is 4.74 Å². The molecule has 0 spiro atoms. The van der Waals surface area contributed by atoms with Gasteiger partial charge >= 0.3 is 0 Å². The number of nitrogens with zero attached hydrogens (tertiary/aromatic N) is 1. The van der Waals surface area contributed by atoms with Gasteiger partial charge in [-0.25, -0.2) is 4.98 Å². The zero-order chi connectivity index (χ0) is 12.8. The number of aryl methyl sites for hydroxylation is 1. The summed E-state index contributed by atoms with van der Waals surface area (Å²) in [6.45, 7) is 6.70. The second-order valence-electron chi connectivity index (χ2n) is 4.38. The van der Waals surface area contributed by atoms with E-state index in [0.29, 0.717) is 0 Å². The van der Waals surface area contributed by atoms with E-state index >= 15 is 0 Å². The molecular weight excluding hydrogens is 244 g/mol. The molecule has 0 aliphatic heterocycles. The van der Waals surface area contributed by atoms with Crippen molar-refractivity contribution in [2.45, 2.75) is 26.7 Å². The smallest absolute Gasteiger partial charge is 0.183 e. The highest BCUT2D eigenvalue weighted by atomic mass is 32.1. The number of hydrogen-bond acceptors (Lipinski definition) is 4. The fourth-order valence-electron chi connectivity index (χ4n) is 1.69. The third-order valence-electron chi connectivity index (χ3n) is 2.71. The summed E-state index contributed by atoms with van der Waals surface area (Å²) in [7, 11) is 0. The molecule has 0 aliphatic carbocycles. The molecule has 0 amide bonds. The van der Waals surface area contributed by atoms with Gasteiger partial charge in [0.05, 0.1) is 16.8 Å². The van der Waals surface area contributed by atoms with Crippen LogP contribution < -0.4 is 5.32 Å². The van der Waals surface area contributed by atoms with Gasteiger partial charge in [0.1, 0.15) is 0 Å². The van der Waals surface area contributed by atoms with E-state index in [-0.39, 0.29) is 0 Å². The first-order chi connectivity index (χ1) is 8.79. The maximum absolute atomic E-state index is 5.50. The van der Waals surface area contributed by atoms with Crippen LogP contribution in [0.5, 0.6) is 0 Å². The van der Waals surface area contributed by atoms with Gasteiger partial charge in [-0.3, -0.25) is 0 Å². The molecule has 0 saturated carbocycles. The van der Waals surface area contributed by atoms with Gasteiger partial charge in [0.25, 0.3) is 0 Å². The maximum Gasteiger partial charge on any atom is 0.183 e. The quantitative estimate of drug-likeness (QED) is 0.772. The van der Waals surface area contributed by atoms with Crippen LogP contribution >= 0.6 is 11.3 Å². The summed E-state index contributed by atoms with van der Waals surface area (Å²) in [6, 6.07) is 6.35. The van der Waals surface area contributed by atoms with Crippen LogP contribution in [0.25, 0.3) is 10.2 Å². The summed E-state index contributed by atoms with van der Waals surface area (Å²) in [6.07, 6.45) is 2.32. The van der Waals surface area contributed by atoms with Gasteiger partial charge in [0.2, 0.25) is 0 Å². The van der Waals surface area contributed by atoms with E-state index in [1.165, 1.54) is 16.7 Å². The van der Waals surface area contributed by atoms with Crippen LogP contribution in [0, 0.1) is 6.92 Å². The number of unbranched alkanes of at least 4 members (excludes halogenated alkanes) is 1. The third kappa shape index (κ3) is 3.68. The summed E-state index contributed by atoms with van der Waals surface area (Å²) in [5.74, 6) is 0. The molecule has 2 aromatic rings. The van der Waals surface area contributed by atoms with Gasteiger partial charge in [0.15, 0.2) is 5.13 Å². The Labute approximate surface area is 112 Å². The second-order valence-corrected chi connectivity index (χ2v) is 5.41. The standard InChI is InChI=1S/C14H20N2OS/c1-3-4-8-17-9-7-15-14-16-12-6-5-11(2)10-13(12)18-14/h5-6,10H,3-4,7-9H2,1-2H3,(H,15,16). The monoisotopic (exact) mass is 264 g/mol. The van der Waals surface area contributed by atoms with Crippen LogP contribution in [0.3, 0.4) is 0 Å². The molecule has 1 aromatic heterocycles. The molecule has 98 valence electrons. The first-order valence-electron chi connectivity index (χ1n) is 6.48. The predicted molar refractivity (Wildman–Crippen MR) is 78.6 cm³/mol. The molecular formula is C14H20N2OS. The Balaban J connectivity index is 1.81. The number of thiazole rings is 1. The summed E-state index contributed by atoms with van der Waals surface area (Å²) in [5.41, 5.74) is 2.35. The zero-order valence-electron chi connectivity index (χ0n) is 11.0. The third-order valence-corrected chi connectivity index (χ3v) is 3.68. The van der Waals surface area contributed by atoms with E-state index < -0.39 is 0 Å². The lowest BCUT2D eigenvalue weighted by Crippen LogP contribution is -2.09. The number of ether oxygens (including phenoxy) is 1. The number of hydrogen-bond donors (Lipinski definition) is 1. The van der Waals surface area contributed by atoms with Crippen LogP contribution in [0.2, 0.25) is 0 Å². The van der Waals surface area contributed by atoms with E-state index in [2.05, 4.69) is 42.3 Å². The van der Waals surface area contributed by atoms with E-state index in [1.807, 2.05) is 0 Å². The predicted octanol–water partition coefficient (Wildman–Crippen LogP) is 3.83. The summed E-state index contributed by atoms with van der Waals surface area (Å²) in [5, 5.41) is 4.29. The molecule has 1 N–H and O–H groups in total. The molecule has 0 bridgehead atoms. The summed E-state index contributed by atoms with van der Waals surface area (Å²) in [4.78, 5) is 4.54. The average molecular weight is 264 g/mol. The van der Waals surface area contributed by atoms with Crippen LogP contribution in [0.15, 0.2) is 18.2 Å². The number of anilines is 1. The first kappa shape index (κ1) is 13.3. The van der Waals surface area contributed by atoms with E-state index in [1.54, 1.807) is 11.3 Å². The molecule has 3 nitrogen and oxygen atoms in total. The maximum atomic E-state index is 5.50. The largest absolute Gasteiger partial charge is 0.380 e. The molecule has 1 aromatic carbocycles. The van der Waals surface area contributed by atoms with Crippen LogP contribution in [0.1, 0.15) is 25.3 Å². The van der Waals surface area contributed by atoms with E-state index in [4.69, 9.17) is 4.74 Å². The Bertz CT molecular complexity index is 495. The lowest BCUT2D eigenvalue weighted by molar-refractivity contribution is 0.141. The van der Waals surface area contributed by atoms with E-state index in [9.17, 15) is 0 Å². The van der Waals surface area contributed by atoms with Crippen LogP contribution in [-0.2, 0) is 4.74 Å². The van der Waals surface area contributed by atoms with Crippen molar-refractivity contribution in [2.75, 3.05) is 25.1 Å². The number of benzene rings is 1. The van der Waals surface area contributed by atoms with Crippen molar-refractivity contribution in [1.29, 1.82) is 0 Å². The topological polar surface area (TPSA) is 34.1 Å². The minimum Gasteiger partial charge on any atom is -0.380 e. The fourth-order valence-corrected chi connectivity index (χ4v) is 2.68. The minimum atomic E-state index is 0.745. The first-order valence-corrected chi connectivity index (χ1v) is 7.30. The molecule has 4 heteroatoms. The molecule has 0 unspecified atom stereocenters. The van der Waals surface area contributed by atoms with Gasteiger partial charge in [-0.15, -0.1) is 0 Å². The van der Waals surface area contributed by atoms with Crippen molar-refractivity contribution in [2.24, 2.45) is 0 Å². The summed E-state index contributed by atoms with van der Waals surface area (Å²) >= 11 is 1.70. The Morgan fingerprint density at radius 3 is 3.06 bits per heavy atom. The number of aromatic nitrogens is 1. The molecule has 0 fully saturated rings. The molecule has 1 heterocycles. The molecule has 2 rings (SSSR count). The lowest BCUT2D eigenvalue weighted by Gasteiger charge is -2.03. The Morgan fingerprint density at radius 1 is 1.33 bits per heavy atom. The summed E-state index contributed by atoms with van der Waals surface area (Å²) < 4.78 is 6.74. The van der Waals surface area contributed by atoms with Gasteiger partial charge in [-0.05, 0) is 31.0 Å². The lowest BCUT2D eigenvalue weighted by atomic mass is 10.2. The molecule has 0 radical (unpaired) electrons. The normalized spacial score (nSPS) is 11.0. The van der Waals surface area contributed by atoms with Crippen molar-refractivity contribution in [3.63, 3.8) is 0 Å². The highest BCUT2D eigenvalue weighted by Gasteiger charge is 2.02. The van der Waals surface area contributed by atoms with Gasteiger partial charge in [-0.2, -0.15) is 0 Å². The molecule has 0 aliphatic rings. The number of rotatable bonds is 7. The van der Waals surface area contributed by atoms with E-state index in [0.717, 1.165) is 36.8 Å². The van der Waals surface area contributed by atoms with Crippen molar-refractivity contribution in [1.82, 2.24) is 4.98 Å². The minimum absolute atomic E-state index is 0.745. The highest BCUT2D eigenvalue weighted by molar-refractivity contribution is 7.22. The van der Waals surface area contributed by atoms with Gasteiger partial charge < -0.3 is 10.1 Å².